The molecule has 0 fully saturated rings. The quantitative estimate of drug-likeness (QED) is 0.709. The number of hydrogen-bond donors (Lipinski definition) is 2. The summed E-state index contributed by atoms with van der Waals surface area (Å²) in [4.78, 5) is 20.4. The van der Waals surface area contributed by atoms with Gasteiger partial charge in [-0.2, -0.15) is 0 Å². The molecule has 0 saturated heterocycles. The van der Waals surface area contributed by atoms with E-state index in [2.05, 4.69) is 20.6 Å². The van der Waals surface area contributed by atoms with Crippen LogP contribution in [0, 0.1) is 11.6 Å². The molecule has 3 aromatic rings. The average molecular weight is 354 g/mol. The van der Waals surface area contributed by atoms with Crippen molar-refractivity contribution in [3.8, 4) is 0 Å². The molecule has 0 aliphatic rings. The molecule has 26 heavy (non-hydrogen) atoms. The number of carbonyl (C=O) groups is 1. The summed E-state index contributed by atoms with van der Waals surface area (Å²) in [6.07, 6.45) is 1.90. The van der Waals surface area contributed by atoms with Crippen molar-refractivity contribution in [2.24, 2.45) is 0 Å². The lowest BCUT2D eigenvalue weighted by atomic mass is 10.1. The second-order valence-electron chi connectivity index (χ2n) is 5.50. The van der Waals surface area contributed by atoms with E-state index in [0.29, 0.717) is 24.2 Å². The Morgan fingerprint density at radius 3 is 2.69 bits per heavy atom. The van der Waals surface area contributed by atoms with Crippen LogP contribution in [0.4, 0.5) is 20.4 Å². The van der Waals surface area contributed by atoms with Gasteiger partial charge in [0.15, 0.2) is 0 Å². The molecule has 0 atom stereocenters. The fourth-order valence-corrected chi connectivity index (χ4v) is 2.34. The van der Waals surface area contributed by atoms with E-state index in [9.17, 15) is 13.6 Å². The minimum absolute atomic E-state index is 0.137. The Bertz CT molecular complexity index is 917. The third-order valence-corrected chi connectivity index (χ3v) is 3.61. The molecular weight excluding hydrogens is 338 g/mol. The summed E-state index contributed by atoms with van der Waals surface area (Å²) in [7, 11) is 0. The van der Waals surface area contributed by atoms with Crippen molar-refractivity contribution in [3.63, 3.8) is 0 Å². The molecule has 1 amide bonds. The first-order chi connectivity index (χ1) is 12.6. The summed E-state index contributed by atoms with van der Waals surface area (Å²) in [6.45, 7) is 0.413. The second-order valence-corrected chi connectivity index (χ2v) is 5.50. The number of halogens is 2. The molecule has 0 aliphatic carbocycles. The Labute approximate surface area is 149 Å². The number of carbonyl (C=O) groups excluding carboxylic acids is 1. The van der Waals surface area contributed by atoms with Gasteiger partial charge in [-0.25, -0.2) is 18.7 Å². The molecule has 5 nitrogen and oxygen atoms in total. The Morgan fingerprint density at radius 1 is 1.04 bits per heavy atom. The van der Waals surface area contributed by atoms with E-state index < -0.39 is 11.7 Å². The Hall–Kier alpha value is -3.35. The molecule has 0 saturated carbocycles. The molecule has 2 aromatic carbocycles. The van der Waals surface area contributed by atoms with Crippen LogP contribution in [0.5, 0.6) is 0 Å². The number of hydrogen-bond acceptors (Lipinski definition) is 4. The Balaban J connectivity index is 1.60. The molecule has 1 aromatic heterocycles. The fourth-order valence-electron chi connectivity index (χ4n) is 2.34. The maximum atomic E-state index is 13.6. The largest absolute Gasteiger partial charge is 0.354 e. The van der Waals surface area contributed by atoms with Crippen LogP contribution in [0.25, 0.3) is 0 Å². The van der Waals surface area contributed by atoms with Crippen molar-refractivity contribution in [2.75, 3.05) is 17.2 Å². The highest BCUT2D eigenvalue weighted by atomic mass is 19.1. The summed E-state index contributed by atoms with van der Waals surface area (Å²) in [5.41, 5.74) is 1.06. The topological polar surface area (TPSA) is 66.9 Å². The van der Waals surface area contributed by atoms with Gasteiger partial charge in [-0.3, -0.25) is 4.79 Å². The van der Waals surface area contributed by atoms with Crippen molar-refractivity contribution < 1.29 is 13.6 Å². The number of nitrogens with one attached hydrogen (secondary N) is 2. The van der Waals surface area contributed by atoms with Crippen molar-refractivity contribution in [2.45, 2.75) is 6.42 Å². The van der Waals surface area contributed by atoms with Crippen LogP contribution < -0.4 is 10.6 Å². The predicted molar refractivity (Wildman–Crippen MR) is 95.0 cm³/mol. The summed E-state index contributed by atoms with van der Waals surface area (Å²) >= 11 is 0. The van der Waals surface area contributed by atoms with E-state index in [1.54, 1.807) is 24.3 Å². The smallest absolute Gasteiger partial charge is 0.274 e. The Morgan fingerprint density at radius 2 is 1.88 bits per heavy atom. The van der Waals surface area contributed by atoms with Gasteiger partial charge in [-0.1, -0.05) is 24.3 Å². The number of nitrogens with zero attached hydrogens (tertiary/aromatic N) is 2. The fraction of sp³-hybridized carbons (Fsp3) is 0.105. The van der Waals surface area contributed by atoms with Gasteiger partial charge in [0, 0.05) is 18.4 Å². The van der Waals surface area contributed by atoms with E-state index >= 15 is 0 Å². The van der Waals surface area contributed by atoms with Crippen molar-refractivity contribution in [1.82, 2.24) is 9.97 Å². The molecule has 2 N–H and O–H groups in total. The maximum absolute atomic E-state index is 13.6. The lowest BCUT2D eigenvalue weighted by Gasteiger charge is -2.08. The highest BCUT2D eigenvalue weighted by Gasteiger charge is 2.10. The number of anilines is 2. The van der Waals surface area contributed by atoms with Gasteiger partial charge in [0.1, 0.15) is 17.3 Å². The molecule has 0 bridgehead atoms. The first-order valence-electron chi connectivity index (χ1n) is 7.99. The van der Waals surface area contributed by atoms with Crippen LogP contribution >= 0.6 is 0 Å². The summed E-state index contributed by atoms with van der Waals surface area (Å²) in [5.74, 6) is -0.928. The minimum atomic E-state index is -0.477. The SMILES string of the molecule is O=C(Nc1cccc(F)c1)c1ccnc(NCCc2ccccc2F)n1. The molecule has 0 aliphatic heterocycles. The summed E-state index contributed by atoms with van der Waals surface area (Å²) in [6, 6.07) is 13.6. The first-order valence-corrected chi connectivity index (χ1v) is 7.99. The van der Waals surface area contributed by atoms with Crippen molar-refractivity contribution >= 4 is 17.5 Å². The molecule has 0 unspecified atom stereocenters. The minimum Gasteiger partial charge on any atom is -0.354 e. The lowest BCUT2D eigenvalue weighted by Crippen LogP contribution is -2.16. The molecule has 0 radical (unpaired) electrons. The normalized spacial score (nSPS) is 10.4. The van der Waals surface area contributed by atoms with Gasteiger partial charge in [-0.05, 0) is 42.3 Å². The summed E-state index contributed by atoms with van der Waals surface area (Å²) in [5, 5.41) is 5.53. The third kappa shape index (κ3) is 4.60. The standard InChI is InChI=1S/C19H16F2N4O/c20-14-5-3-6-15(12-14)24-18(26)17-9-11-23-19(25-17)22-10-8-13-4-1-2-7-16(13)21/h1-7,9,11-12H,8,10H2,(H,24,26)(H,22,23,25). The van der Waals surface area contributed by atoms with E-state index in [0.717, 1.165) is 0 Å². The van der Waals surface area contributed by atoms with Crippen LogP contribution in [0.2, 0.25) is 0 Å². The van der Waals surface area contributed by atoms with E-state index in [1.165, 1.54) is 36.5 Å². The number of amides is 1. The van der Waals surface area contributed by atoms with Gasteiger partial charge in [-0.15, -0.1) is 0 Å². The molecule has 3 rings (SSSR count). The van der Waals surface area contributed by atoms with Gasteiger partial charge >= 0.3 is 0 Å². The molecule has 0 spiro atoms. The van der Waals surface area contributed by atoms with Crippen LogP contribution in [0.15, 0.2) is 60.8 Å². The molecule has 132 valence electrons. The predicted octanol–water partition coefficient (Wildman–Crippen LogP) is 3.66. The van der Waals surface area contributed by atoms with Crippen molar-refractivity contribution in [3.05, 3.63) is 83.7 Å². The highest BCUT2D eigenvalue weighted by molar-refractivity contribution is 6.02. The Kier molecular flexibility index (Phi) is 5.48. The van der Waals surface area contributed by atoms with E-state index in [4.69, 9.17) is 0 Å². The second kappa shape index (κ2) is 8.15. The van der Waals surface area contributed by atoms with Gasteiger partial charge < -0.3 is 10.6 Å². The number of rotatable bonds is 6. The third-order valence-electron chi connectivity index (χ3n) is 3.61. The van der Waals surface area contributed by atoms with Gasteiger partial charge in [0.2, 0.25) is 5.95 Å². The monoisotopic (exact) mass is 354 g/mol. The first kappa shape index (κ1) is 17.5. The van der Waals surface area contributed by atoms with Crippen LogP contribution in [0.1, 0.15) is 16.1 Å². The summed E-state index contributed by atoms with van der Waals surface area (Å²) < 4.78 is 26.8. The van der Waals surface area contributed by atoms with Crippen LogP contribution in [0.3, 0.4) is 0 Å². The van der Waals surface area contributed by atoms with Gasteiger partial charge in [0.05, 0.1) is 0 Å². The average Bonchev–Trinajstić information content (AvgIpc) is 2.64. The molecular formula is C19H16F2N4O. The van der Waals surface area contributed by atoms with Crippen LogP contribution in [-0.2, 0) is 6.42 Å². The maximum Gasteiger partial charge on any atom is 0.274 e. The number of aromatic nitrogens is 2. The van der Waals surface area contributed by atoms with Crippen LogP contribution in [-0.4, -0.2) is 22.4 Å². The highest BCUT2D eigenvalue weighted by Crippen LogP contribution is 2.11. The zero-order chi connectivity index (χ0) is 18.4. The van der Waals surface area contributed by atoms with Crippen molar-refractivity contribution in [1.29, 1.82) is 0 Å². The lowest BCUT2D eigenvalue weighted by molar-refractivity contribution is 0.102. The zero-order valence-corrected chi connectivity index (χ0v) is 13.7. The van der Waals surface area contributed by atoms with E-state index in [1.807, 2.05) is 0 Å². The molecule has 7 heteroatoms. The van der Waals surface area contributed by atoms with Gasteiger partial charge in [0.25, 0.3) is 5.91 Å². The molecule has 1 heterocycles. The zero-order valence-electron chi connectivity index (χ0n) is 13.7. The number of benzene rings is 2. The van der Waals surface area contributed by atoms with E-state index in [-0.39, 0.29) is 17.5 Å².